The molecule has 1 heterocycles. The van der Waals surface area contributed by atoms with Gasteiger partial charge in [-0.15, -0.1) is 11.8 Å². The highest BCUT2D eigenvalue weighted by Crippen LogP contribution is 2.21. The zero-order chi connectivity index (χ0) is 14.5. The van der Waals surface area contributed by atoms with Crippen LogP contribution >= 0.6 is 11.8 Å². The number of carboxylic acid groups (broad SMARTS) is 1. The van der Waals surface area contributed by atoms with E-state index in [4.69, 9.17) is 5.11 Å². The quantitative estimate of drug-likeness (QED) is 0.846. The van der Waals surface area contributed by atoms with Crippen molar-refractivity contribution in [3.05, 3.63) is 53.9 Å². The molecule has 20 heavy (non-hydrogen) atoms. The van der Waals surface area contributed by atoms with E-state index in [1.54, 1.807) is 18.2 Å². The number of hydrogen-bond donors (Lipinski definition) is 2. The van der Waals surface area contributed by atoms with E-state index in [0.717, 1.165) is 4.90 Å². The number of carboxylic acids is 1. The molecule has 5 nitrogen and oxygen atoms in total. The maximum atomic E-state index is 12.2. The van der Waals surface area contributed by atoms with E-state index in [1.807, 2.05) is 18.4 Å². The molecule has 6 heteroatoms. The molecule has 0 aliphatic heterocycles. The highest BCUT2D eigenvalue weighted by molar-refractivity contribution is 7.98. The molecule has 0 atom stereocenters. The summed E-state index contributed by atoms with van der Waals surface area (Å²) in [7, 11) is 0. The molecule has 1 aromatic carbocycles. The van der Waals surface area contributed by atoms with Crippen molar-refractivity contribution in [1.29, 1.82) is 0 Å². The van der Waals surface area contributed by atoms with Gasteiger partial charge >= 0.3 is 5.97 Å². The van der Waals surface area contributed by atoms with Crippen molar-refractivity contribution in [2.75, 3.05) is 11.6 Å². The Morgan fingerprint density at radius 2 is 2.00 bits per heavy atom. The number of anilines is 1. The van der Waals surface area contributed by atoms with Crippen LogP contribution in [0.3, 0.4) is 0 Å². The number of nitrogens with zero attached hydrogens (tertiary/aromatic N) is 1. The number of carbonyl (C=O) groups excluding carboxylic acids is 1. The number of carbonyl (C=O) groups is 2. The zero-order valence-electron chi connectivity index (χ0n) is 10.7. The van der Waals surface area contributed by atoms with Crippen LogP contribution in [0.2, 0.25) is 0 Å². The second-order valence-corrected chi connectivity index (χ2v) is 4.74. The summed E-state index contributed by atoms with van der Waals surface area (Å²) in [6, 6.07) is 10.1. The molecule has 0 bridgehead atoms. The summed E-state index contributed by atoms with van der Waals surface area (Å²) in [4.78, 5) is 27.6. The number of pyridine rings is 1. The Morgan fingerprint density at radius 1 is 1.25 bits per heavy atom. The number of thioether (sulfide) groups is 1. The molecule has 0 aliphatic carbocycles. The van der Waals surface area contributed by atoms with E-state index in [9.17, 15) is 9.59 Å². The molecule has 1 aromatic heterocycles. The van der Waals surface area contributed by atoms with Gasteiger partial charge in [-0.2, -0.15) is 0 Å². The van der Waals surface area contributed by atoms with Crippen LogP contribution in [0.1, 0.15) is 20.8 Å². The van der Waals surface area contributed by atoms with E-state index in [1.165, 1.54) is 24.0 Å². The third-order valence-corrected chi connectivity index (χ3v) is 3.38. The van der Waals surface area contributed by atoms with Crippen LogP contribution in [-0.4, -0.2) is 28.2 Å². The van der Waals surface area contributed by atoms with Gasteiger partial charge in [0.05, 0.1) is 5.56 Å². The maximum Gasteiger partial charge on any atom is 0.354 e. The van der Waals surface area contributed by atoms with Crippen molar-refractivity contribution < 1.29 is 14.7 Å². The van der Waals surface area contributed by atoms with Gasteiger partial charge in [0.2, 0.25) is 0 Å². The fourth-order valence-electron chi connectivity index (χ4n) is 1.66. The van der Waals surface area contributed by atoms with Crippen molar-refractivity contribution in [3.63, 3.8) is 0 Å². The Hall–Kier alpha value is -2.34. The minimum atomic E-state index is -1.13. The standard InChI is InChI=1S/C14H12N2O3S/c1-20-12-5-3-2-4-10(12)13(17)16-9-6-7-15-11(8-9)14(18)19/h2-8H,1H3,(H,18,19)(H,15,16,17). The first kappa shape index (κ1) is 14.1. The zero-order valence-corrected chi connectivity index (χ0v) is 11.5. The summed E-state index contributed by atoms with van der Waals surface area (Å²) < 4.78 is 0. The van der Waals surface area contributed by atoms with Gasteiger partial charge in [-0.3, -0.25) is 4.79 Å². The third kappa shape index (κ3) is 3.16. The SMILES string of the molecule is CSc1ccccc1C(=O)Nc1ccnc(C(=O)O)c1. The first-order valence-corrected chi connectivity index (χ1v) is 6.98. The predicted molar refractivity (Wildman–Crippen MR) is 77.4 cm³/mol. The highest BCUT2D eigenvalue weighted by atomic mass is 32.2. The largest absolute Gasteiger partial charge is 0.477 e. The average molecular weight is 288 g/mol. The Bertz CT molecular complexity index is 658. The fraction of sp³-hybridized carbons (Fsp3) is 0.0714. The average Bonchev–Trinajstić information content (AvgIpc) is 2.47. The molecule has 2 N–H and O–H groups in total. The molecule has 2 aromatic rings. The number of amides is 1. The molecule has 0 fully saturated rings. The molecule has 1 amide bonds. The molecule has 0 saturated heterocycles. The van der Waals surface area contributed by atoms with Gasteiger partial charge in [-0.25, -0.2) is 9.78 Å². The van der Waals surface area contributed by atoms with Crippen LogP contribution in [0.15, 0.2) is 47.5 Å². The van der Waals surface area contributed by atoms with E-state index in [0.29, 0.717) is 11.3 Å². The van der Waals surface area contributed by atoms with E-state index in [2.05, 4.69) is 10.3 Å². The van der Waals surface area contributed by atoms with E-state index in [-0.39, 0.29) is 11.6 Å². The lowest BCUT2D eigenvalue weighted by Crippen LogP contribution is -2.13. The molecule has 0 radical (unpaired) electrons. The summed E-state index contributed by atoms with van der Waals surface area (Å²) in [6.45, 7) is 0. The molecular weight excluding hydrogens is 276 g/mol. The third-order valence-electron chi connectivity index (χ3n) is 2.59. The molecule has 0 saturated carbocycles. The smallest absolute Gasteiger partial charge is 0.354 e. The van der Waals surface area contributed by atoms with Crippen molar-refractivity contribution in [1.82, 2.24) is 4.98 Å². The summed E-state index contributed by atoms with van der Waals surface area (Å²) in [5, 5.41) is 11.5. The van der Waals surface area contributed by atoms with Crippen LogP contribution in [0.25, 0.3) is 0 Å². The monoisotopic (exact) mass is 288 g/mol. The number of aromatic carboxylic acids is 1. The van der Waals surface area contributed by atoms with Gasteiger partial charge in [0.25, 0.3) is 5.91 Å². The lowest BCUT2D eigenvalue weighted by molar-refractivity contribution is 0.0690. The summed E-state index contributed by atoms with van der Waals surface area (Å²) >= 11 is 1.48. The molecule has 0 aliphatic rings. The van der Waals surface area contributed by atoms with Crippen molar-refractivity contribution in [2.45, 2.75) is 4.90 Å². The second-order valence-electron chi connectivity index (χ2n) is 3.89. The van der Waals surface area contributed by atoms with Gasteiger partial charge in [-0.1, -0.05) is 12.1 Å². The molecular formula is C14H12N2O3S. The number of nitrogens with one attached hydrogen (secondary N) is 1. The lowest BCUT2D eigenvalue weighted by atomic mass is 10.2. The maximum absolute atomic E-state index is 12.2. The van der Waals surface area contributed by atoms with Gasteiger partial charge < -0.3 is 10.4 Å². The first-order chi connectivity index (χ1) is 9.61. The van der Waals surface area contributed by atoms with E-state index >= 15 is 0 Å². The minimum absolute atomic E-state index is 0.110. The predicted octanol–water partition coefficient (Wildman–Crippen LogP) is 2.75. The summed E-state index contributed by atoms with van der Waals surface area (Å²) in [5.74, 6) is -1.41. The number of hydrogen-bond acceptors (Lipinski definition) is 4. The first-order valence-electron chi connectivity index (χ1n) is 5.75. The Kier molecular flexibility index (Phi) is 4.37. The second kappa shape index (κ2) is 6.21. The minimum Gasteiger partial charge on any atom is -0.477 e. The number of benzene rings is 1. The fourth-order valence-corrected chi connectivity index (χ4v) is 2.25. The van der Waals surface area contributed by atoms with Crippen LogP contribution in [0.5, 0.6) is 0 Å². The Morgan fingerprint density at radius 3 is 2.70 bits per heavy atom. The highest BCUT2D eigenvalue weighted by Gasteiger charge is 2.12. The van der Waals surface area contributed by atoms with Crippen LogP contribution < -0.4 is 5.32 Å². The number of aromatic nitrogens is 1. The normalized spacial score (nSPS) is 10.1. The molecule has 2 rings (SSSR count). The van der Waals surface area contributed by atoms with Gasteiger partial charge in [-0.05, 0) is 30.5 Å². The van der Waals surface area contributed by atoms with Gasteiger partial charge in [0, 0.05) is 16.8 Å². The van der Waals surface area contributed by atoms with Crippen LogP contribution in [0, 0.1) is 0 Å². The Balaban J connectivity index is 2.23. The van der Waals surface area contributed by atoms with Crippen molar-refractivity contribution >= 4 is 29.3 Å². The van der Waals surface area contributed by atoms with Crippen molar-refractivity contribution in [2.24, 2.45) is 0 Å². The van der Waals surface area contributed by atoms with Gasteiger partial charge in [0.1, 0.15) is 5.69 Å². The van der Waals surface area contributed by atoms with Crippen LogP contribution in [0.4, 0.5) is 5.69 Å². The lowest BCUT2D eigenvalue weighted by Gasteiger charge is -2.08. The Labute approximate surface area is 120 Å². The summed E-state index contributed by atoms with van der Waals surface area (Å²) in [5.41, 5.74) is 0.841. The molecule has 0 spiro atoms. The topological polar surface area (TPSA) is 79.3 Å². The summed E-state index contributed by atoms with van der Waals surface area (Å²) in [6.07, 6.45) is 3.24. The molecule has 102 valence electrons. The van der Waals surface area contributed by atoms with E-state index < -0.39 is 5.97 Å². The van der Waals surface area contributed by atoms with Crippen LogP contribution in [-0.2, 0) is 0 Å². The van der Waals surface area contributed by atoms with Gasteiger partial charge in [0.15, 0.2) is 0 Å². The number of rotatable bonds is 4. The molecule has 0 unspecified atom stereocenters. The van der Waals surface area contributed by atoms with Crippen molar-refractivity contribution in [3.8, 4) is 0 Å².